The van der Waals surface area contributed by atoms with Crippen LogP contribution in [-0.2, 0) is 0 Å². The zero-order valence-electron chi connectivity index (χ0n) is 17.4. The predicted octanol–water partition coefficient (Wildman–Crippen LogP) is 4.37. The van der Waals surface area contributed by atoms with E-state index in [4.69, 9.17) is 4.42 Å². The van der Waals surface area contributed by atoms with Crippen molar-refractivity contribution in [3.8, 4) is 17.3 Å². The molecule has 7 nitrogen and oxygen atoms in total. The Hall–Kier alpha value is -2.96. The second-order valence-corrected chi connectivity index (χ2v) is 8.04. The van der Waals surface area contributed by atoms with Crippen molar-refractivity contribution < 1.29 is 9.21 Å². The van der Waals surface area contributed by atoms with Crippen molar-refractivity contribution in [2.75, 3.05) is 6.54 Å². The lowest BCUT2D eigenvalue weighted by Gasteiger charge is -2.33. The van der Waals surface area contributed by atoms with E-state index in [-0.39, 0.29) is 11.8 Å². The predicted molar refractivity (Wildman–Crippen MR) is 110 cm³/mol. The Kier molecular flexibility index (Phi) is 5.22. The van der Waals surface area contributed by atoms with Crippen LogP contribution in [0.25, 0.3) is 17.3 Å². The number of aryl methyl sites for hydroxylation is 1. The first-order valence-electron chi connectivity index (χ1n) is 10.3. The van der Waals surface area contributed by atoms with Gasteiger partial charge in [-0.2, -0.15) is 5.10 Å². The molecule has 1 unspecified atom stereocenters. The van der Waals surface area contributed by atoms with E-state index in [1.54, 1.807) is 6.92 Å². The number of amides is 1. The first-order valence-corrected chi connectivity index (χ1v) is 10.3. The Labute approximate surface area is 170 Å². The summed E-state index contributed by atoms with van der Waals surface area (Å²) in [4.78, 5) is 14.9. The number of likely N-dealkylation sites (tertiary alicyclic amines) is 1. The Balaban J connectivity index is 1.63. The molecule has 0 saturated carbocycles. The lowest BCUT2D eigenvalue weighted by Crippen LogP contribution is -2.42. The van der Waals surface area contributed by atoms with Gasteiger partial charge in [0.05, 0.1) is 5.69 Å². The van der Waals surface area contributed by atoms with Crippen LogP contribution in [0.2, 0.25) is 0 Å². The smallest absolute Gasteiger partial charge is 0.268 e. The fourth-order valence-electron chi connectivity index (χ4n) is 3.83. The fourth-order valence-corrected chi connectivity index (χ4v) is 3.83. The van der Waals surface area contributed by atoms with E-state index in [0.717, 1.165) is 30.8 Å². The zero-order chi connectivity index (χ0) is 20.5. The molecule has 1 saturated heterocycles. The van der Waals surface area contributed by atoms with E-state index in [0.29, 0.717) is 29.1 Å². The summed E-state index contributed by atoms with van der Waals surface area (Å²) < 4.78 is 7.42. The third kappa shape index (κ3) is 3.81. The van der Waals surface area contributed by atoms with Gasteiger partial charge in [0.15, 0.2) is 0 Å². The van der Waals surface area contributed by atoms with Crippen LogP contribution in [0.4, 0.5) is 0 Å². The monoisotopic (exact) mass is 393 g/mol. The molecular formula is C22H27N5O2. The maximum Gasteiger partial charge on any atom is 0.268 e. The lowest BCUT2D eigenvalue weighted by atomic mass is 10.0. The number of carbonyl (C=O) groups is 1. The average molecular weight is 393 g/mol. The van der Waals surface area contributed by atoms with Gasteiger partial charge >= 0.3 is 0 Å². The van der Waals surface area contributed by atoms with E-state index >= 15 is 0 Å². The SMILES string of the molecule is Cc1nnc(-c2cc(C(C)C)n(-c3ccc(C(=O)N4CCCCC4C)cc3)n2)o1. The average Bonchev–Trinajstić information content (AvgIpc) is 3.34. The molecule has 0 radical (unpaired) electrons. The van der Waals surface area contributed by atoms with Crippen LogP contribution in [0.5, 0.6) is 0 Å². The van der Waals surface area contributed by atoms with Crippen LogP contribution in [0.15, 0.2) is 34.7 Å². The van der Waals surface area contributed by atoms with Gasteiger partial charge in [0.2, 0.25) is 5.89 Å². The molecule has 152 valence electrons. The number of rotatable bonds is 4. The van der Waals surface area contributed by atoms with E-state index in [2.05, 4.69) is 36.1 Å². The van der Waals surface area contributed by atoms with Gasteiger partial charge in [-0.15, -0.1) is 10.2 Å². The number of benzene rings is 1. The van der Waals surface area contributed by atoms with Crippen LogP contribution in [0.1, 0.15) is 67.9 Å². The van der Waals surface area contributed by atoms with Crippen LogP contribution in [0.3, 0.4) is 0 Å². The Morgan fingerprint density at radius 3 is 2.55 bits per heavy atom. The minimum atomic E-state index is 0.107. The molecule has 0 spiro atoms. The summed E-state index contributed by atoms with van der Waals surface area (Å²) in [6, 6.07) is 9.96. The largest absolute Gasteiger partial charge is 0.420 e. The van der Waals surface area contributed by atoms with E-state index < -0.39 is 0 Å². The maximum absolute atomic E-state index is 12.9. The highest BCUT2D eigenvalue weighted by atomic mass is 16.4. The molecule has 7 heteroatoms. The third-order valence-electron chi connectivity index (χ3n) is 5.50. The van der Waals surface area contributed by atoms with E-state index in [1.165, 1.54) is 6.42 Å². The maximum atomic E-state index is 12.9. The summed E-state index contributed by atoms with van der Waals surface area (Å²) in [7, 11) is 0. The third-order valence-corrected chi connectivity index (χ3v) is 5.50. The number of nitrogens with zero attached hydrogens (tertiary/aromatic N) is 5. The highest BCUT2D eigenvalue weighted by Crippen LogP contribution is 2.26. The van der Waals surface area contributed by atoms with Crippen molar-refractivity contribution in [3.63, 3.8) is 0 Å². The molecule has 1 aliphatic heterocycles. The second kappa shape index (κ2) is 7.81. The van der Waals surface area contributed by atoms with Gasteiger partial charge in [-0.25, -0.2) is 4.68 Å². The summed E-state index contributed by atoms with van der Waals surface area (Å²) in [6.45, 7) is 8.96. The molecule has 3 heterocycles. The topological polar surface area (TPSA) is 77.1 Å². The Morgan fingerprint density at radius 2 is 1.93 bits per heavy atom. The molecule has 1 aromatic carbocycles. The van der Waals surface area contributed by atoms with Crippen molar-refractivity contribution in [2.45, 2.75) is 58.9 Å². The van der Waals surface area contributed by atoms with Crippen LogP contribution < -0.4 is 0 Å². The van der Waals surface area contributed by atoms with Crippen molar-refractivity contribution in [3.05, 3.63) is 47.5 Å². The van der Waals surface area contributed by atoms with Crippen molar-refractivity contribution in [1.29, 1.82) is 0 Å². The van der Waals surface area contributed by atoms with Crippen molar-refractivity contribution >= 4 is 5.91 Å². The van der Waals surface area contributed by atoms with Gasteiger partial charge in [-0.05, 0) is 62.4 Å². The molecule has 3 aromatic rings. The van der Waals surface area contributed by atoms with Crippen molar-refractivity contribution in [2.24, 2.45) is 0 Å². The first-order chi connectivity index (χ1) is 13.9. The van der Waals surface area contributed by atoms with Gasteiger partial charge in [-0.3, -0.25) is 4.79 Å². The molecule has 0 N–H and O–H groups in total. The van der Waals surface area contributed by atoms with Gasteiger partial charge in [-0.1, -0.05) is 13.8 Å². The van der Waals surface area contributed by atoms with E-state index in [9.17, 15) is 4.79 Å². The molecule has 1 aliphatic rings. The Morgan fingerprint density at radius 1 is 1.17 bits per heavy atom. The number of aromatic nitrogens is 4. The highest BCUT2D eigenvalue weighted by molar-refractivity contribution is 5.94. The standard InChI is InChI=1S/C22H27N5O2/c1-14(2)20-13-19(21-24-23-16(4)29-21)25-27(20)18-10-8-17(9-11-18)22(28)26-12-6-5-7-15(26)3/h8-11,13-15H,5-7,12H2,1-4H3. The molecule has 29 heavy (non-hydrogen) atoms. The molecule has 1 atom stereocenters. The second-order valence-electron chi connectivity index (χ2n) is 8.04. The van der Waals surface area contributed by atoms with Gasteiger partial charge in [0.1, 0.15) is 5.69 Å². The lowest BCUT2D eigenvalue weighted by molar-refractivity contribution is 0.0635. The summed E-state index contributed by atoms with van der Waals surface area (Å²) in [5.41, 5.74) is 3.31. The summed E-state index contributed by atoms with van der Waals surface area (Å²) in [5, 5.41) is 12.7. The quantitative estimate of drug-likeness (QED) is 0.658. The minimum Gasteiger partial charge on any atom is -0.420 e. The minimum absolute atomic E-state index is 0.107. The van der Waals surface area contributed by atoms with Crippen molar-refractivity contribution in [1.82, 2.24) is 24.9 Å². The molecular weight excluding hydrogens is 366 g/mol. The number of carbonyl (C=O) groups excluding carboxylic acids is 1. The summed E-state index contributed by atoms with van der Waals surface area (Å²) >= 11 is 0. The number of piperidine rings is 1. The normalized spacial score (nSPS) is 17.1. The highest BCUT2D eigenvalue weighted by Gasteiger charge is 2.24. The van der Waals surface area contributed by atoms with Crippen LogP contribution in [0, 0.1) is 6.92 Å². The Bertz CT molecular complexity index is 1000. The number of hydrogen-bond acceptors (Lipinski definition) is 5. The van der Waals surface area contributed by atoms with Gasteiger partial charge in [0.25, 0.3) is 11.8 Å². The van der Waals surface area contributed by atoms with Crippen LogP contribution in [-0.4, -0.2) is 43.4 Å². The fraction of sp³-hybridized carbons (Fsp3) is 0.455. The first kappa shape index (κ1) is 19.4. The molecule has 4 rings (SSSR count). The zero-order valence-corrected chi connectivity index (χ0v) is 17.4. The molecule has 1 amide bonds. The van der Waals surface area contributed by atoms with Gasteiger partial charge < -0.3 is 9.32 Å². The summed E-state index contributed by atoms with van der Waals surface area (Å²) in [6.07, 6.45) is 3.35. The van der Waals surface area contributed by atoms with Crippen LogP contribution >= 0.6 is 0 Å². The summed E-state index contributed by atoms with van der Waals surface area (Å²) in [5.74, 6) is 1.29. The molecule has 0 aliphatic carbocycles. The van der Waals surface area contributed by atoms with Gasteiger partial charge in [0, 0.05) is 30.8 Å². The molecule has 2 aromatic heterocycles. The van der Waals surface area contributed by atoms with E-state index in [1.807, 2.05) is 39.9 Å². The number of hydrogen-bond donors (Lipinski definition) is 0. The molecule has 1 fully saturated rings. The molecule has 0 bridgehead atoms.